The molecule has 0 aliphatic carbocycles. The zero-order chi connectivity index (χ0) is 22.9. The van der Waals surface area contributed by atoms with Gasteiger partial charge in [-0.15, -0.1) is 11.3 Å². The van der Waals surface area contributed by atoms with E-state index in [-0.39, 0.29) is 12.2 Å². The molecule has 1 aliphatic rings. The summed E-state index contributed by atoms with van der Waals surface area (Å²) in [5.41, 5.74) is 1.03. The number of esters is 1. The van der Waals surface area contributed by atoms with Crippen molar-refractivity contribution in [2.75, 3.05) is 25.0 Å². The summed E-state index contributed by atoms with van der Waals surface area (Å²) >= 11 is 1.65. The summed E-state index contributed by atoms with van der Waals surface area (Å²) in [6.45, 7) is 7.39. The van der Waals surface area contributed by atoms with E-state index in [2.05, 4.69) is 25.2 Å². The first kappa shape index (κ1) is 24.1. The van der Waals surface area contributed by atoms with Gasteiger partial charge >= 0.3 is 5.97 Å². The molecule has 1 aromatic heterocycles. The summed E-state index contributed by atoms with van der Waals surface area (Å²) < 4.78 is 12.0. The third kappa shape index (κ3) is 6.72. The van der Waals surface area contributed by atoms with Crippen LogP contribution in [0.2, 0.25) is 0 Å². The molecule has 7 nitrogen and oxygen atoms in total. The maximum absolute atomic E-state index is 12.2. The Morgan fingerprint density at radius 3 is 2.56 bits per heavy atom. The number of para-hydroxylation sites is 1. The standard InChI is InChI=1S/C24H33N3O4S/c1-4-18(2)30-21(22-11-8-16-32-22)17-27-15-14-26(24(27)31-23(29)19(3)28)13-12-25-20-9-6-5-7-10-20/h5-11,14-16,18-19,21,24-25,28H,4,12-13,17H2,1-3H3. The van der Waals surface area contributed by atoms with E-state index in [0.29, 0.717) is 19.6 Å². The molecule has 0 radical (unpaired) electrons. The second-order valence-electron chi connectivity index (χ2n) is 7.82. The summed E-state index contributed by atoms with van der Waals surface area (Å²) in [7, 11) is 0. The minimum absolute atomic E-state index is 0.110. The summed E-state index contributed by atoms with van der Waals surface area (Å²) in [6.07, 6.45) is 2.88. The quantitative estimate of drug-likeness (QED) is 0.465. The third-order valence-electron chi connectivity index (χ3n) is 5.26. The number of nitrogens with one attached hydrogen (secondary N) is 1. The van der Waals surface area contributed by atoms with E-state index < -0.39 is 18.4 Å². The fraction of sp³-hybridized carbons (Fsp3) is 0.458. The molecule has 2 heterocycles. The molecule has 0 bridgehead atoms. The molecule has 8 heteroatoms. The lowest BCUT2D eigenvalue weighted by Crippen LogP contribution is -2.46. The van der Waals surface area contributed by atoms with Crippen LogP contribution in [-0.4, -0.2) is 59.1 Å². The van der Waals surface area contributed by atoms with Crippen LogP contribution in [0, 0.1) is 0 Å². The molecule has 0 saturated carbocycles. The van der Waals surface area contributed by atoms with Gasteiger partial charge in [-0.25, -0.2) is 4.79 Å². The number of carbonyl (C=O) groups is 1. The van der Waals surface area contributed by atoms with E-state index >= 15 is 0 Å². The maximum Gasteiger partial charge on any atom is 0.337 e. The van der Waals surface area contributed by atoms with Crippen LogP contribution in [-0.2, 0) is 14.3 Å². The predicted molar refractivity (Wildman–Crippen MR) is 127 cm³/mol. The number of nitrogens with zero attached hydrogens (tertiary/aromatic N) is 2. The van der Waals surface area contributed by atoms with Crippen molar-refractivity contribution in [2.45, 2.75) is 51.9 Å². The van der Waals surface area contributed by atoms with Crippen molar-refractivity contribution in [3.63, 3.8) is 0 Å². The summed E-state index contributed by atoms with van der Waals surface area (Å²) in [5.74, 6) is -0.653. The monoisotopic (exact) mass is 459 g/mol. The van der Waals surface area contributed by atoms with E-state index in [1.54, 1.807) is 11.3 Å². The molecule has 1 aromatic carbocycles. The number of carbonyl (C=O) groups excluding carboxylic acids is 1. The molecule has 174 valence electrons. The van der Waals surface area contributed by atoms with Crippen molar-refractivity contribution in [1.82, 2.24) is 9.80 Å². The molecule has 0 saturated heterocycles. The average Bonchev–Trinajstić information content (AvgIpc) is 3.45. The smallest absolute Gasteiger partial charge is 0.337 e. The predicted octanol–water partition coefficient (Wildman–Crippen LogP) is 4.01. The first-order valence-corrected chi connectivity index (χ1v) is 11.9. The Labute approximate surface area is 194 Å². The van der Waals surface area contributed by atoms with Gasteiger partial charge in [0.2, 0.25) is 0 Å². The van der Waals surface area contributed by atoms with Gasteiger partial charge in [0.15, 0.2) is 0 Å². The Morgan fingerprint density at radius 2 is 1.91 bits per heavy atom. The van der Waals surface area contributed by atoms with Gasteiger partial charge in [0, 0.05) is 36.1 Å². The van der Waals surface area contributed by atoms with E-state index in [9.17, 15) is 9.90 Å². The summed E-state index contributed by atoms with van der Waals surface area (Å²) in [5, 5.41) is 15.1. The molecule has 0 amide bonds. The average molecular weight is 460 g/mol. The number of aliphatic hydroxyl groups is 1. The highest BCUT2D eigenvalue weighted by atomic mass is 32.1. The van der Waals surface area contributed by atoms with Crippen LogP contribution >= 0.6 is 11.3 Å². The molecular weight excluding hydrogens is 426 g/mol. The fourth-order valence-corrected chi connectivity index (χ4v) is 4.06. The lowest BCUT2D eigenvalue weighted by Gasteiger charge is -2.34. The first-order valence-electron chi connectivity index (χ1n) is 11.0. The lowest BCUT2D eigenvalue weighted by atomic mass is 10.2. The topological polar surface area (TPSA) is 74.3 Å². The minimum atomic E-state index is -1.19. The van der Waals surface area contributed by atoms with Gasteiger partial charge in [-0.1, -0.05) is 31.2 Å². The number of aliphatic hydroxyl groups excluding tert-OH is 1. The number of ether oxygens (including phenoxy) is 2. The first-order chi connectivity index (χ1) is 15.5. The van der Waals surface area contributed by atoms with E-state index in [1.165, 1.54) is 6.92 Å². The highest BCUT2D eigenvalue weighted by Gasteiger charge is 2.33. The summed E-state index contributed by atoms with van der Waals surface area (Å²) in [4.78, 5) is 17.3. The zero-order valence-corrected chi connectivity index (χ0v) is 19.7. The van der Waals surface area contributed by atoms with Gasteiger partial charge in [-0.05, 0) is 43.8 Å². The zero-order valence-electron chi connectivity index (χ0n) is 18.9. The van der Waals surface area contributed by atoms with Gasteiger partial charge in [0.1, 0.15) is 12.2 Å². The second-order valence-corrected chi connectivity index (χ2v) is 8.80. The SMILES string of the molecule is CCC(C)OC(CN1C=CN(CCNc2ccccc2)C1OC(=O)C(C)O)c1cccs1. The Hall–Kier alpha value is -2.55. The van der Waals surface area contributed by atoms with Crippen LogP contribution in [0.3, 0.4) is 0 Å². The number of thiophene rings is 1. The Kier molecular flexibility index (Phi) is 8.96. The van der Waals surface area contributed by atoms with Gasteiger partial charge in [0.25, 0.3) is 6.35 Å². The molecular formula is C24H33N3O4S. The van der Waals surface area contributed by atoms with Crippen molar-refractivity contribution in [3.05, 3.63) is 65.1 Å². The molecule has 2 N–H and O–H groups in total. The van der Waals surface area contributed by atoms with Gasteiger partial charge in [0.05, 0.1) is 12.6 Å². The van der Waals surface area contributed by atoms with Crippen LogP contribution in [0.5, 0.6) is 0 Å². The highest BCUT2D eigenvalue weighted by molar-refractivity contribution is 7.10. The van der Waals surface area contributed by atoms with Crippen LogP contribution in [0.15, 0.2) is 60.2 Å². The molecule has 1 aliphatic heterocycles. The maximum atomic E-state index is 12.2. The van der Waals surface area contributed by atoms with Crippen LogP contribution in [0.4, 0.5) is 5.69 Å². The molecule has 0 spiro atoms. The molecule has 4 unspecified atom stereocenters. The Bertz CT molecular complexity index is 844. The summed E-state index contributed by atoms with van der Waals surface area (Å²) in [6, 6.07) is 14.0. The highest BCUT2D eigenvalue weighted by Crippen LogP contribution is 2.29. The van der Waals surface area contributed by atoms with Gasteiger partial charge in [-0.2, -0.15) is 0 Å². The normalized spacial score (nSPS) is 18.4. The van der Waals surface area contributed by atoms with Crippen molar-refractivity contribution in [2.24, 2.45) is 0 Å². The number of rotatable bonds is 12. The van der Waals surface area contributed by atoms with Crippen LogP contribution in [0.1, 0.15) is 38.2 Å². The van der Waals surface area contributed by atoms with E-state index in [1.807, 2.05) is 64.0 Å². The van der Waals surface area contributed by atoms with Gasteiger partial charge in [-0.3, -0.25) is 0 Å². The van der Waals surface area contributed by atoms with E-state index in [0.717, 1.165) is 17.0 Å². The van der Waals surface area contributed by atoms with Crippen molar-refractivity contribution in [1.29, 1.82) is 0 Å². The van der Waals surface area contributed by atoms with Crippen LogP contribution < -0.4 is 5.32 Å². The largest absolute Gasteiger partial charge is 0.420 e. The Morgan fingerprint density at radius 1 is 1.16 bits per heavy atom. The molecule has 32 heavy (non-hydrogen) atoms. The number of hydrogen-bond acceptors (Lipinski definition) is 8. The van der Waals surface area contributed by atoms with Gasteiger partial charge < -0.3 is 29.7 Å². The molecule has 4 atom stereocenters. The number of benzene rings is 1. The fourth-order valence-electron chi connectivity index (χ4n) is 3.31. The lowest BCUT2D eigenvalue weighted by molar-refractivity contribution is -0.179. The molecule has 3 rings (SSSR count). The molecule has 2 aromatic rings. The Balaban J connectivity index is 1.68. The van der Waals surface area contributed by atoms with Crippen molar-refractivity contribution >= 4 is 23.0 Å². The second kappa shape index (κ2) is 11.9. The number of anilines is 1. The molecule has 0 fully saturated rings. The third-order valence-corrected chi connectivity index (χ3v) is 6.23. The van der Waals surface area contributed by atoms with Crippen molar-refractivity contribution in [3.8, 4) is 0 Å². The van der Waals surface area contributed by atoms with E-state index in [4.69, 9.17) is 9.47 Å². The minimum Gasteiger partial charge on any atom is -0.420 e. The van der Waals surface area contributed by atoms with Crippen LogP contribution in [0.25, 0.3) is 0 Å². The number of hydrogen-bond donors (Lipinski definition) is 2. The van der Waals surface area contributed by atoms with Crippen molar-refractivity contribution < 1.29 is 19.4 Å².